The van der Waals surface area contributed by atoms with E-state index in [0.717, 1.165) is 11.8 Å². The number of nitrogens with zero attached hydrogens (tertiary/aromatic N) is 1. The molecule has 1 aromatic rings. The van der Waals surface area contributed by atoms with Crippen molar-refractivity contribution in [2.24, 2.45) is 0 Å². The van der Waals surface area contributed by atoms with Crippen LogP contribution in [0.5, 0.6) is 5.75 Å². The van der Waals surface area contributed by atoms with Gasteiger partial charge in [0, 0.05) is 6.92 Å². The smallest absolute Gasteiger partial charge is 0.263 e. The number of aromatic nitrogens is 1. The largest absolute Gasteiger partial charge is 0.503 e. The standard InChI is InChI=1S/C8H6N2O3S2/c1-3-6(11)4(10-13-3)2-5-7(12)9-8(14)15-5/h2,11H,1H3,(H,9,12,14)/b5-2-. The van der Waals surface area contributed by atoms with Gasteiger partial charge in [0.15, 0.2) is 11.5 Å². The third kappa shape index (κ3) is 1.88. The van der Waals surface area contributed by atoms with Gasteiger partial charge in [0.25, 0.3) is 5.91 Å². The van der Waals surface area contributed by atoms with Crippen molar-refractivity contribution in [3.8, 4) is 5.75 Å². The van der Waals surface area contributed by atoms with E-state index in [2.05, 4.69) is 10.5 Å². The molecule has 0 unspecified atom stereocenters. The molecule has 1 amide bonds. The Morgan fingerprint density at radius 2 is 2.40 bits per heavy atom. The van der Waals surface area contributed by atoms with Crippen LogP contribution >= 0.6 is 24.0 Å². The predicted octanol–water partition coefficient (Wildman–Crippen LogP) is 1.18. The molecule has 7 heteroatoms. The molecule has 2 heterocycles. The monoisotopic (exact) mass is 242 g/mol. The van der Waals surface area contributed by atoms with E-state index in [1.54, 1.807) is 6.92 Å². The van der Waals surface area contributed by atoms with E-state index in [1.165, 1.54) is 6.08 Å². The molecule has 0 aliphatic carbocycles. The van der Waals surface area contributed by atoms with Gasteiger partial charge in [-0.2, -0.15) is 0 Å². The van der Waals surface area contributed by atoms with Crippen LogP contribution in [0.25, 0.3) is 6.08 Å². The number of carbonyl (C=O) groups is 1. The number of aryl methyl sites for hydroxylation is 1. The molecule has 1 fully saturated rings. The molecule has 0 saturated carbocycles. The number of thiocarbonyl (C=S) groups is 1. The molecule has 1 aliphatic rings. The zero-order valence-electron chi connectivity index (χ0n) is 7.60. The van der Waals surface area contributed by atoms with E-state index in [-0.39, 0.29) is 17.4 Å². The van der Waals surface area contributed by atoms with E-state index in [0.29, 0.717) is 15.0 Å². The molecule has 1 aliphatic heterocycles. The normalized spacial score (nSPS) is 18.6. The minimum absolute atomic E-state index is 0.0614. The van der Waals surface area contributed by atoms with Crippen molar-refractivity contribution in [1.82, 2.24) is 10.5 Å². The highest BCUT2D eigenvalue weighted by atomic mass is 32.2. The summed E-state index contributed by atoms with van der Waals surface area (Å²) >= 11 is 5.94. The summed E-state index contributed by atoms with van der Waals surface area (Å²) in [5.74, 6) is -0.0356. The fourth-order valence-corrected chi connectivity index (χ4v) is 2.04. The van der Waals surface area contributed by atoms with Crippen LogP contribution in [-0.2, 0) is 4.79 Å². The summed E-state index contributed by atoms with van der Waals surface area (Å²) < 4.78 is 5.14. The van der Waals surface area contributed by atoms with Crippen molar-refractivity contribution in [3.63, 3.8) is 0 Å². The van der Waals surface area contributed by atoms with E-state index in [1.807, 2.05) is 0 Å². The first kappa shape index (κ1) is 10.2. The highest BCUT2D eigenvalue weighted by molar-refractivity contribution is 8.26. The molecular formula is C8H6N2O3S2. The molecular weight excluding hydrogens is 236 g/mol. The van der Waals surface area contributed by atoms with Gasteiger partial charge in [-0.15, -0.1) is 0 Å². The van der Waals surface area contributed by atoms with Crippen LogP contribution in [0.4, 0.5) is 0 Å². The van der Waals surface area contributed by atoms with Crippen molar-refractivity contribution in [3.05, 3.63) is 16.4 Å². The molecule has 2 N–H and O–H groups in total. The molecule has 0 radical (unpaired) electrons. The summed E-state index contributed by atoms with van der Waals surface area (Å²) in [5.41, 5.74) is 0.231. The first-order chi connectivity index (χ1) is 7.08. The van der Waals surface area contributed by atoms with E-state index < -0.39 is 0 Å². The highest BCUT2D eigenvalue weighted by Gasteiger charge is 2.23. The lowest BCUT2D eigenvalue weighted by atomic mass is 10.3. The van der Waals surface area contributed by atoms with Gasteiger partial charge in [-0.05, 0) is 6.08 Å². The number of rotatable bonds is 1. The Morgan fingerprint density at radius 3 is 2.87 bits per heavy atom. The second-order valence-corrected chi connectivity index (χ2v) is 4.54. The molecule has 0 atom stereocenters. The maximum atomic E-state index is 11.3. The van der Waals surface area contributed by atoms with Gasteiger partial charge >= 0.3 is 0 Å². The summed E-state index contributed by atoms with van der Waals surface area (Å²) in [7, 11) is 0. The first-order valence-electron chi connectivity index (χ1n) is 3.98. The van der Waals surface area contributed by atoms with Crippen LogP contribution in [-0.4, -0.2) is 20.5 Å². The average molecular weight is 242 g/mol. The minimum atomic E-state index is -0.287. The molecule has 5 nitrogen and oxygen atoms in total. The van der Waals surface area contributed by atoms with Gasteiger partial charge in [-0.1, -0.05) is 29.1 Å². The lowest BCUT2D eigenvalue weighted by Gasteiger charge is -1.89. The molecule has 1 aromatic heterocycles. The average Bonchev–Trinajstić information content (AvgIpc) is 2.64. The van der Waals surface area contributed by atoms with Crippen LogP contribution in [0.2, 0.25) is 0 Å². The maximum Gasteiger partial charge on any atom is 0.263 e. The number of amides is 1. The van der Waals surface area contributed by atoms with Gasteiger partial charge < -0.3 is 14.9 Å². The zero-order valence-corrected chi connectivity index (χ0v) is 9.24. The summed E-state index contributed by atoms with van der Waals surface area (Å²) in [6.45, 7) is 1.58. The van der Waals surface area contributed by atoms with Gasteiger partial charge in [-0.3, -0.25) is 4.79 Å². The van der Waals surface area contributed by atoms with Crippen LogP contribution in [0.15, 0.2) is 9.43 Å². The zero-order chi connectivity index (χ0) is 11.0. The molecule has 78 valence electrons. The maximum absolute atomic E-state index is 11.3. The third-order valence-electron chi connectivity index (χ3n) is 1.77. The lowest BCUT2D eigenvalue weighted by molar-refractivity contribution is -0.115. The van der Waals surface area contributed by atoms with Crippen molar-refractivity contribution >= 4 is 40.3 Å². The third-order valence-corrected chi connectivity index (χ3v) is 2.93. The van der Waals surface area contributed by atoms with E-state index in [9.17, 15) is 9.90 Å². The minimum Gasteiger partial charge on any atom is -0.503 e. The van der Waals surface area contributed by atoms with Gasteiger partial charge in [0.05, 0.1) is 4.91 Å². The van der Waals surface area contributed by atoms with Crippen molar-refractivity contribution < 1.29 is 14.4 Å². The van der Waals surface area contributed by atoms with Crippen LogP contribution in [0, 0.1) is 6.92 Å². The quantitative estimate of drug-likeness (QED) is 0.569. The Morgan fingerprint density at radius 1 is 1.67 bits per heavy atom. The Bertz CT molecular complexity index is 478. The predicted molar refractivity (Wildman–Crippen MR) is 59.2 cm³/mol. The topological polar surface area (TPSA) is 75.4 Å². The summed E-state index contributed by atoms with van der Waals surface area (Å²) in [4.78, 5) is 11.7. The number of nitrogens with one attached hydrogen (secondary N) is 1. The number of thioether (sulfide) groups is 1. The number of hydrogen-bond acceptors (Lipinski definition) is 6. The van der Waals surface area contributed by atoms with Crippen LogP contribution < -0.4 is 5.32 Å². The Hall–Kier alpha value is -1.34. The Kier molecular flexibility index (Phi) is 2.49. The number of hydrogen-bond donors (Lipinski definition) is 2. The molecule has 0 bridgehead atoms. The van der Waals surface area contributed by atoms with E-state index >= 15 is 0 Å². The number of carbonyl (C=O) groups excluding carboxylic acids is 1. The lowest BCUT2D eigenvalue weighted by Crippen LogP contribution is -2.17. The summed E-state index contributed by atoms with van der Waals surface area (Å²) in [6, 6.07) is 0. The molecule has 0 spiro atoms. The summed E-state index contributed by atoms with van der Waals surface area (Å²) in [5, 5.41) is 15.5. The molecule has 1 saturated heterocycles. The van der Waals surface area contributed by atoms with Crippen LogP contribution in [0.3, 0.4) is 0 Å². The molecule has 2 rings (SSSR count). The summed E-state index contributed by atoms with van der Waals surface area (Å²) in [6.07, 6.45) is 1.44. The van der Waals surface area contributed by atoms with Gasteiger partial charge in [0.1, 0.15) is 10.0 Å². The SMILES string of the molecule is Cc1onc(/C=C2\SC(=S)NC2=O)c1O. The molecule has 0 aromatic carbocycles. The fourth-order valence-electron chi connectivity index (χ4n) is 1.02. The van der Waals surface area contributed by atoms with Gasteiger partial charge in [-0.25, -0.2) is 0 Å². The van der Waals surface area contributed by atoms with Crippen molar-refractivity contribution in [2.75, 3.05) is 0 Å². The van der Waals surface area contributed by atoms with Gasteiger partial charge in [0.2, 0.25) is 0 Å². The Labute approximate surface area is 94.5 Å². The number of aromatic hydroxyl groups is 1. The fraction of sp³-hybridized carbons (Fsp3) is 0.125. The molecule has 15 heavy (non-hydrogen) atoms. The van der Waals surface area contributed by atoms with Crippen molar-refractivity contribution in [1.29, 1.82) is 0 Å². The van der Waals surface area contributed by atoms with Crippen LogP contribution in [0.1, 0.15) is 11.5 Å². The van der Waals surface area contributed by atoms with E-state index in [4.69, 9.17) is 16.7 Å². The first-order valence-corrected chi connectivity index (χ1v) is 5.20. The van der Waals surface area contributed by atoms with Crippen molar-refractivity contribution in [2.45, 2.75) is 6.92 Å². The Balaban J connectivity index is 2.35. The second-order valence-electron chi connectivity index (χ2n) is 2.82. The second kappa shape index (κ2) is 3.67. The highest BCUT2D eigenvalue weighted by Crippen LogP contribution is 2.29.